The first-order valence-electron chi connectivity index (χ1n) is 13.0. The number of aliphatic carboxylic acids is 1. The minimum Gasteiger partial charge on any atom is -0.493 e. The van der Waals surface area contributed by atoms with Crippen LogP contribution < -0.4 is 10.1 Å². The molecule has 2 N–H and O–H groups in total. The summed E-state index contributed by atoms with van der Waals surface area (Å²) in [5.74, 6) is -0.0683. The zero-order valence-electron chi connectivity index (χ0n) is 21.6. The molecule has 0 saturated heterocycles. The molecule has 198 valence electrons. The third-order valence-electron chi connectivity index (χ3n) is 6.85. The lowest BCUT2D eigenvalue weighted by Gasteiger charge is -2.31. The number of ether oxygens (including phenoxy) is 3. The number of nitrogens with one attached hydrogen (secondary N) is 1. The average molecular weight is 509 g/mol. The molecule has 2 aromatic rings. The van der Waals surface area contributed by atoms with Gasteiger partial charge in [-0.1, -0.05) is 49.7 Å². The molecule has 0 radical (unpaired) electrons. The van der Waals surface area contributed by atoms with Crippen molar-refractivity contribution in [3.05, 3.63) is 76.7 Å². The van der Waals surface area contributed by atoms with E-state index in [-0.39, 0.29) is 12.5 Å². The first-order chi connectivity index (χ1) is 17.9. The molecule has 1 unspecified atom stereocenters. The molecule has 37 heavy (non-hydrogen) atoms. The third-order valence-corrected chi connectivity index (χ3v) is 6.85. The summed E-state index contributed by atoms with van der Waals surface area (Å²) in [4.78, 5) is 25.5. The Labute approximate surface area is 218 Å². The molecular formula is C29H36N2O6. The number of carbonyl (C=O) groups excluding carboxylic acids is 1. The van der Waals surface area contributed by atoms with Crippen LogP contribution in [0.15, 0.2) is 54.4 Å². The molecule has 1 atom stereocenters. The van der Waals surface area contributed by atoms with Gasteiger partial charge in [0, 0.05) is 37.1 Å². The SMILES string of the molecule is CCCCOC(=O)N1CCc2c(OCCC3=COC(C)(c4ccccc4)N3)ccc(CCC(=O)O)c2C1. The van der Waals surface area contributed by atoms with Crippen LogP contribution in [-0.4, -0.2) is 41.8 Å². The van der Waals surface area contributed by atoms with E-state index in [9.17, 15) is 14.7 Å². The van der Waals surface area contributed by atoms with Crippen LogP contribution >= 0.6 is 0 Å². The second-order valence-electron chi connectivity index (χ2n) is 9.60. The summed E-state index contributed by atoms with van der Waals surface area (Å²) < 4.78 is 17.6. The smallest absolute Gasteiger partial charge is 0.410 e. The van der Waals surface area contributed by atoms with Crippen molar-refractivity contribution < 1.29 is 28.9 Å². The summed E-state index contributed by atoms with van der Waals surface area (Å²) in [5.41, 5.74) is 4.35. The summed E-state index contributed by atoms with van der Waals surface area (Å²) in [6.07, 6.45) is 4.94. The van der Waals surface area contributed by atoms with Gasteiger partial charge >= 0.3 is 12.1 Å². The number of benzene rings is 2. The lowest BCUT2D eigenvalue weighted by atomic mass is 9.92. The minimum atomic E-state index is -0.845. The number of hydrogen-bond donors (Lipinski definition) is 2. The molecule has 0 spiro atoms. The number of nitrogens with zero attached hydrogens (tertiary/aromatic N) is 1. The molecule has 0 bridgehead atoms. The number of amides is 1. The highest BCUT2D eigenvalue weighted by atomic mass is 16.6. The van der Waals surface area contributed by atoms with Gasteiger partial charge in [0.25, 0.3) is 0 Å². The van der Waals surface area contributed by atoms with E-state index in [0.29, 0.717) is 45.6 Å². The Balaban J connectivity index is 1.41. The summed E-state index contributed by atoms with van der Waals surface area (Å²) in [6, 6.07) is 13.9. The predicted molar refractivity (Wildman–Crippen MR) is 139 cm³/mol. The second-order valence-corrected chi connectivity index (χ2v) is 9.60. The van der Waals surface area contributed by atoms with E-state index in [4.69, 9.17) is 14.2 Å². The van der Waals surface area contributed by atoms with Gasteiger partial charge in [0.1, 0.15) is 12.0 Å². The largest absolute Gasteiger partial charge is 0.493 e. The van der Waals surface area contributed by atoms with Gasteiger partial charge in [-0.3, -0.25) is 4.79 Å². The van der Waals surface area contributed by atoms with Crippen molar-refractivity contribution in [2.45, 2.75) is 64.6 Å². The van der Waals surface area contributed by atoms with Gasteiger partial charge in [-0.25, -0.2) is 4.79 Å². The van der Waals surface area contributed by atoms with Crippen LogP contribution in [-0.2, 0) is 39.4 Å². The van der Waals surface area contributed by atoms with E-state index in [1.165, 1.54) is 0 Å². The number of rotatable bonds is 11. The number of carboxylic acids is 1. The number of carboxylic acid groups (broad SMARTS) is 1. The van der Waals surface area contributed by atoms with E-state index >= 15 is 0 Å². The maximum Gasteiger partial charge on any atom is 0.410 e. The van der Waals surface area contributed by atoms with Crippen molar-refractivity contribution in [2.75, 3.05) is 19.8 Å². The lowest BCUT2D eigenvalue weighted by Crippen LogP contribution is -2.37. The number of unbranched alkanes of at least 4 members (excludes halogenated alkanes) is 1. The van der Waals surface area contributed by atoms with Gasteiger partial charge in [-0.05, 0) is 43.4 Å². The Kier molecular flexibility index (Phi) is 8.58. The predicted octanol–water partition coefficient (Wildman–Crippen LogP) is 5.10. The highest BCUT2D eigenvalue weighted by Crippen LogP contribution is 2.33. The van der Waals surface area contributed by atoms with E-state index in [2.05, 4.69) is 12.2 Å². The van der Waals surface area contributed by atoms with E-state index in [0.717, 1.165) is 46.5 Å². The van der Waals surface area contributed by atoms with Crippen LogP contribution in [0.4, 0.5) is 4.79 Å². The first kappa shape index (κ1) is 26.4. The molecule has 4 rings (SSSR count). The van der Waals surface area contributed by atoms with E-state index in [1.54, 1.807) is 11.2 Å². The highest BCUT2D eigenvalue weighted by Gasteiger charge is 2.32. The molecule has 8 nitrogen and oxygen atoms in total. The molecule has 8 heteroatoms. The van der Waals surface area contributed by atoms with Gasteiger partial charge in [0.15, 0.2) is 0 Å². The number of hydrogen-bond acceptors (Lipinski definition) is 6. The van der Waals surface area contributed by atoms with Crippen molar-refractivity contribution in [1.29, 1.82) is 0 Å². The van der Waals surface area contributed by atoms with Crippen molar-refractivity contribution >= 4 is 12.1 Å². The highest BCUT2D eigenvalue weighted by molar-refractivity contribution is 5.69. The fourth-order valence-electron chi connectivity index (χ4n) is 4.71. The van der Waals surface area contributed by atoms with Crippen LogP contribution in [0.25, 0.3) is 0 Å². The molecule has 0 aromatic heterocycles. The fourth-order valence-corrected chi connectivity index (χ4v) is 4.71. The van der Waals surface area contributed by atoms with Crippen molar-refractivity contribution in [2.24, 2.45) is 0 Å². The number of fused-ring (bicyclic) bond motifs is 1. The van der Waals surface area contributed by atoms with Crippen LogP contribution in [0.2, 0.25) is 0 Å². The Morgan fingerprint density at radius 2 is 1.92 bits per heavy atom. The molecule has 2 heterocycles. The quantitative estimate of drug-likeness (QED) is 0.408. The second kappa shape index (κ2) is 12.0. The zero-order chi connectivity index (χ0) is 26.3. The maximum absolute atomic E-state index is 12.6. The topological polar surface area (TPSA) is 97.3 Å². The summed E-state index contributed by atoms with van der Waals surface area (Å²) in [7, 11) is 0. The van der Waals surface area contributed by atoms with E-state index < -0.39 is 11.7 Å². The van der Waals surface area contributed by atoms with Gasteiger partial charge in [0.05, 0.1) is 18.9 Å². The van der Waals surface area contributed by atoms with Crippen LogP contribution in [0.5, 0.6) is 5.75 Å². The summed E-state index contributed by atoms with van der Waals surface area (Å²) >= 11 is 0. The van der Waals surface area contributed by atoms with Crippen LogP contribution in [0.3, 0.4) is 0 Å². The molecule has 2 aliphatic rings. The standard InChI is InChI=1S/C29H36N2O6/c1-3-4-17-36-28(34)31-16-14-24-25(19-31)21(11-13-27(32)33)10-12-26(24)35-18-15-23-20-37-29(2,30-23)22-8-6-5-7-9-22/h5-10,12,20,30H,3-4,11,13-19H2,1-2H3,(H,32,33). The summed E-state index contributed by atoms with van der Waals surface area (Å²) in [5, 5.41) is 12.6. The summed E-state index contributed by atoms with van der Waals surface area (Å²) in [6.45, 7) is 5.84. The Morgan fingerprint density at radius 3 is 2.68 bits per heavy atom. The van der Waals surface area contributed by atoms with Crippen molar-refractivity contribution in [3.8, 4) is 5.75 Å². The lowest BCUT2D eigenvalue weighted by molar-refractivity contribution is -0.136. The van der Waals surface area contributed by atoms with Gasteiger partial charge < -0.3 is 29.5 Å². The minimum absolute atomic E-state index is 0.0353. The van der Waals surface area contributed by atoms with E-state index in [1.807, 2.05) is 49.4 Å². The number of carbonyl (C=O) groups is 2. The van der Waals surface area contributed by atoms with Crippen LogP contribution in [0.1, 0.15) is 61.8 Å². The van der Waals surface area contributed by atoms with Gasteiger partial charge in [-0.15, -0.1) is 0 Å². The molecule has 0 fully saturated rings. The molecule has 1 amide bonds. The number of aryl methyl sites for hydroxylation is 1. The Hall–Kier alpha value is -3.68. The van der Waals surface area contributed by atoms with Crippen LogP contribution in [0, 0.1) is 0 Å². The molecule has 2 aromatic carbocycles. The Bertz CT molecular complexity index is 1130. The normalized spacial score (nSPS) is 18.3. The van der Waals surface area contributed by atoms with Crippen molar-refractivity contribution in [1.82, 2.24) is 10.2 Å². The van der Waals surface area contributed by atoms with Crippen molar-refractivity contribution in [3.63, 3.8) is 0 Å². The monoisotopic (exact) mass is 508 g/mol. The van der Waals surface area contributed by atoms with Gasteiger partial charge in [0.2, 0.25) is 5.72 Å². The molecule has 2 aliphatic heterocycles. The third kappa shape index (κ3) is 6.56. The fraction of sp³-hybridized carbons (Fsp3) is 0.448. The average Bonchev–Trinajstić information content (AvgIpc) is 3.30. The maximum atomic E-state index is 12.6. The van der Waals surface area contributed by atoms with Gasteiger partial charge in [-0.2, -0.15) is 0 Å². The molecule has 0 saturated carbocycles. The Morgan fingerprint density at radius 1 is 1.11 bits per heavy atom. The first-order valence-corrected chi connectivity index (χ1v) is 13.0. The zero-order valence-corrected chi connectivity index (χ0v) is 21.6. The molecule has 0 aliphatic carbocycles. The molecular weight excluding hydrogens is 472 g/mol.